The van der Waals surface area contributed by atoms with Crippen molar-refractivity contribution in [3.05, 3.63) is 65.6 Å². The van der Waals surface area contributed by atoms with Crippen molar-refractivity contribution in [2.75, 3.05) is 0 Å². The Hall–Kier alpha value is -1.80. The van der Waals surface area contributed by atoms with Gasteiger partial charge in [0.15, 0.2) is 0 Å². The van der Waals surface area contributed by atoms with E-state index in [4.69, 9.17) is 0 Å². The number of benzene rings is 2. The minimum atomic E-state index is -0.567. The van der Waals surface area contributed by atoms with Gasteiger partial charge < -0.3 is 0 Å². The molecule has 0 bridgehead atoms. The summed E-state index contributed by atoms with van der Waals surface area (Å²) in [7, 11) is 0. The molecule has 6 nitrogen and oxygen atoms in total. The van der Waals surface area contributed by atoms with E-state index in [1.165, 1.54) is 30.3 Å². The van der Waals surface area contributed by atoms with Gasteiger partial charge in [0.25, 0.3) is 11.4 Å². The van der Waals surface area contributed by atoms with E-state index in [-0.39, 0.29) is 27.0 Å². The molecule has 8 heteroatoms. The Morgan fingerprint density at radius 3 is 2.15 bits per heavy atom. The fraction of sp³-hybridized carbons (Fsp3) is 0. The first-order chi connectivity index (χ1) is 9.41. The van der Waals surface area contributed by atoms with E-state index in [0.29, 0.717) is 4.47 Å². The molecule has 0 aromatic heterocycles. The Morgan fingerprint density at radius 1 is 0.900 bits per heavy atom. The van der Waals surface area contributed by atoms with Gasteiger partial charge in [-0.25, -0.2) is 0 Å². The van der Waals surface area contributed by atoms with E-state index in [9.17, 15) is 20.2 Å². The van der Waals surface area contributed by atoms with Crippen LogP contribution in [0.1, 0.15) is 0 Å². The molecule has 0 saturated carbocycles. The summed E-state index contributed by atoms with van der Waals surface area (Å²) in [5.74, 6) is 0. The van der Waals surface area contributed by atoms with Crippen molar-refractivity contribution in [2.24, 2.45) is 0 Å². The molecule has 0 fully saturated rings. The second-order valence-electron chi connectivity index (χ2n) is 3.82. The van der Waals surface area contributed by atoms with Gasteiger partial charge in [-0.1, -0.05) is 28.1 Å². The molecule has 20 heavy (non-hydrogen) atoms. The largest absolute Gasteiger partial charge is 0.291 e. The summed E-state index contributed by atoms with van der Waals surface area (Å²) in [5.41, 5.74) is -0.00199. The third-order valence-corrected chi connectivity index (χ3v) is 3.66. The first-order valence-corrected chi connectivity index (χ1v) is 6.87. The zero-order chi connectivity index (χ0) is 14.9. The van der Waals surface area contributed by atoms with E-state index in [2.05, 4.69) is 31.9 Å². The highest BCUT2D eigenvalue weighted by atomic mass is 79.9. The van der Waals surface area contributed by atoms with Crippen LogP contribution in [-0.4, -0.2) is 9.85 Å². The average Bonchev–Trinajstić information content (AvgIpc) is 2.37. The smallest absolute Gasteiger partial charge is 0.258 e. The van der Waals surface area contributed by atoms with Gasteiger partial charge in [-0.15, -0.1) is 0 Å². The lowest BCUT2D eigenvalue weighted by atomic mass is 10.0. The lowest BCUT2D eigenvalue weighted by Crippen LogP contribution is -1.97. The second kappa shape index (κ2) is 5.68. The molecule has 0 radical (unpaired) electrons. The zero-order valence-corrected chi connectivity index (χ0v) is 12.9. The quantitative estimate of drug-likeness (QED) is 0.551. The molecular formula is C12H6Br2N2O4. The summed E-state index contributed by atoms with van der Waals surface area (Å²) in [6.45, 7) is 0. The minimum absolute atomic E-state index is 0.180. The molecule has 102 valence electrons. The summed E-state index contributed by atoms with van der Waals surface area (Å²) in [6, 6.07) is 8.93. The van der Waals surface area contributed by atoms with Gasteiger partial charge in [-0.05, 0) is 34.1 Å². The SMILES string of the molecule is O=[N+]([O-])c1ccccc1-c1cc(Br)cc(Br)c1[N+](=O)[O-]. The Morgan fingerprint density at radius 2 is 1.55 bits per heavy atom. The van der Waals surface area contributed by atoms with Crippen molar-refractivity contribution in [2.45, 2.75) is 0 Å². The number of halogens is 2. The summed E-state index contributed by atoms with van der Waals surface area (Å²) >= 11 is 6.35. The van der Waals surface area contributed by atoms with Crippen LogP contribution in [0.3, 0.4) is 0 Å². The van der Waals surface area contributed by atoms with Crippen molar-refractivity contribution in [1.82, 2.24) is 0 Å². The first kappa shape index (κ1) is 14.6. The number of nitro benzene ring substituents is 2. The summed E-state index contributed by atoms with van der Waals surface area (Å²) in [6.07, 6.45) is 0. The van der Waals surface area contributed by atoms with E-state index in [0.717, 1.165) is 0 Å². The maximum Gasteiger partial charge on any atom is 0.291 e. The molecule has 2 aromatic carbocycles. The first-order valence-electron chi connectivity index (χ1n) is 5.29. The fourth-order valence-corrected chi connectivity index (χ4v) is 3.19. The predicted molar refractivity (Wildman–Crippen MR) is 80.6 cm³/mol. The standard InChI is InChI=1S/C12H6Br2N2O4/c13-7-5-9(12(16(19)20)10(14)6-7)8-3-1-2-4-11(8)15(17)18/h1-6H. The molecule has 0 aliphatic heterocycles. The molecule has 0 spiro atoms. The highest BCUT2D eigenvalue weighted by Crippen LogP contribution is 2.41. The number of hydrogen-bond donors (Lipinski definition) is 0. The van der Waals surface area contributed by atoms with Crippen molar-refractivity contribution >= 4 is 43.2 Å². The Balaban J connectivity index is 2.82. The lowest BCUT2D eigenvalue weighted by Gasteiger charge is -2.06. The Labute approximate surface area is 130 Å². The van der Waals surface area contributed by atoms with Gasteiger partial charge in [0.05, 0.1) is 25.4 Å². The van der Waals surface area contributed by atoms with Gasteiger partial charge in [0.2, 0.25) is 0 Å². The van der Waals surface area contributed by atoms with E-state index >= 15 is 0 Å². The molecule has 0 heterocycles. The van der Waals surface area contributed by atoms with Crippen LogP contribution in [0.4, 0.5) is 11.4 Å². The number of nitrogens with zero attached hydrogens (tertiary/aromatic N) is 2. The Bertz CT molecular complexity index is 719. The molecule has 0 amide bonds. The third-order valence-electron chi connectivity index (χ3n) is 2.60. The van der Waals surface area contributed by atoms with Gasteiger partial charge in [0.1, 0.15) is 0 Å². The predicted octanol–water partition coefficient (Wildman–Crippen LogP) is 4.70. The van der Waals surface area contributed by atoms with Gasteiger partial charge in [-0.3, -0.25) is 20.2 Å². The van der Waals surface area contributed by atoms with Crippen LogP contribution in [0, 0.1) is 20.2 Å². The molecule has 2 aromatic rings. The van der Waals surface area contributed by atoms with Crippen LogP contribution in [0.2, 0.25) is 0 Å². The number of hydrogen-bond acceptors (Lipinski definition) is 4. The fourth-order valence-electron chi connectivity index (χ4n) is 1.82. The van der Waals surface area contributed by atoms with Gasteiger partial charge in [0, 0.05) is 10.5 Å². The second-order valence-corrected chi connectivity index (χ2v) is 5.59. The molecule has 0 saturated heterocycles. The van der Waals surface area contributed by atoms with Crippen molar-refractivity contribution < 1.29 is 9.85 Å². The van der Waals surface area contributed by atoms with Crippen LogP contribution < -0.4 is 0 Å². The molecule has 0 atom stereocenters. The number of nitro groups is 2. The highest BCUT2D eigenvalue weighted by Gasteiger charge is 2.25. The monoisotopic (exact) mass is 400 g/mol. The zero-order valence-electron chi connectivity index (χ0n) is 9.75. The summed E-state index contributed by atoms with van der Waals surface area (Å²) in [4.78, 5) is 21.1. The molecule has 0 aliphatic carbocycles. The van der Waals surface area contributed by atoms with E-state index in [1.54, 1.807) is 6.07 Å². The topological polar surface area (TPSA) is 86.3 Å². The molecule has 0 unspecified atom stereocenters. The average molecular weight is 402 g/mol. The molecule has 2 rings (SSSR count). The number of para-hydroxylation sites is 1. The van der Waals surface area contributed by atoms with Gasteiger partial charge >= 0.3 is 0 Å². The minimum Gasteiger partial charge on any atom is -0.258 e. The molecule has 0 N–H and O–H groups in total. The molecular weight excluding hydrogens is 396 g/mol. The molecule has 0 aliphatic rings. The Kier molecular flexibility index (Phi) is 4.15. The number of rotatable bonds is 3. The van der Waals surface area contributed by atoms with Crippen LogP contribution in [-0.2, 0) is 0 Å². The third kappa shape index (κ3) is 2.70. The maximum absolute atomic E-state index is 11.2. The highest BCUT2D eigenvalue weighted by molar-refractivity contribution is 9.11. The summed E-state index contributed by atoms with van der Waals surface area (Å²) in [5, 5.41) is 22.3. The van der Waals surface area contributed by atoms with Crippen molar-refractivity contribution in [3.63, 3.8) is 0 Å². The van der Waals surface area contributed by atoms with Crippen LogP contribution in [0.15, 0.2) is 45.3 Å². The summed E-state index contributed by atoms with van der Waals surface area (Å²) < 4.78 is 0.841. The van der Waals surface area contributed by atoms with Gasteiger partial charge in [-0.2, -0.15) is 0 Å². The van der Waals surface area contributed by atoms with Crippen LogP contribution >= 0.6 is 31.9 Å². The maximum atomic E-state index is 11.2. The van der Waals surface area contributed by atoms with E-state index in [1.807, 2.05) is 0 Å². The van der Waals surface area contributed by atoms with Crippen molar-refractivity contribution in [3.8, 4) is 11.1 Å². The van der Waals surface area contributed by atoms with E-state index < -0.39 is 9.85 Å². The van der Waals surface area contributed by atoms with Crippen LogP contribution in [0.25, 0.3) is 11.1 Å². The van der Waals surface area contributed by atoms with Crippen molar-refractivity contribution in [1.29, 1.82) is 0 Å². The lowest BCUT2D eigenvalue weighted by molar-refractivity contribution is -0.386. The van der Waals surface area contributed by atoms with Crippen LogP contribution in [0.5, 0.6) is 0 Å². The normalized spacial score (nSPS) is 10.3.